The smallest absolute Gasteiger partial charge is 0.326 e. The number of likely N-dealkylation sites (tertiary alicyclic amines) is 1. The van der Waals surface area contributed by atoms with Crippen LogP contribution in [-0.4, -0.2) is 41.1 Å². The van der Waals surface area contributed by atoms with Crippen molar-refractivity contribution < 1.29 is 19.4 Å². The third-order valence-corrected chi connectivity index (χ3v) is 3.89. The minimum atomic E-state index is -0.941. The number of carbonyl (C=O) groups is 2. The minimum absolute atomic E-state index is 0.0136. The third-order valence-electron chi connectivity index (χ3n) is 3.65. The lowest BCUT2D eigenvalue weighted by atomic mass is 10.0. The number of amides is 1. The molecule has 1 N–H and O–H groups in total. The molecule has 1 amide bonds. The quantitative estimate of drug-likeness (QED) is 0.907. The molecule has 2 atom stereocenters. The molecule has 0 spiro atoms. The van der Waals surface area contributed by atoms with E-state index in [2.05, 4.69) is 0 Å². The monoisotopic (exact) mass is 311 g/mol. The van der Waals surface area contributed by atoms with Crippen LogP contribution < -0.4 is 4.74 Å². The molecule has 1 aromatic rings. The Morgan fingerprint density at radius 2 is 2.24 bits per heavy atom. The van der Waals surface area contributed by atoms with Gasteiger partial charge < -0.3 is 14.7 Å². The van der Waals surface area contributed by atoms with E-state index in [-0.39, 0.29) is 24.9 Å². The summed E-state index contributed by atoms with van der Waals surface area (Å²) in [7, 11) is 0. The van der Waals surface area contributed by atoms with Gasteiger partial charge in [-0.15, -0.1) is 0 Å². The number of halogens is 1. The van der Waals surface area contributed by atoms with E-state index in [9.17, 15) is 14.7 Å². The zero-order chi connectivity index (χ0) is 15.4. The maximum atomic E-state index is 12.1. The van der Waals surface area contributed by atoms with Crippen molar-refractivity contribution in [3.63, 3.8) is 0 Å². The van der Waals surface area contributed by atoms with Crippen molar-refractivity contribution in [3.8, 4) is 5.75 Å². The van der Waals surface area contributed by atoms with Crippen LogP contribution in [0.2, 0.25) is 5.02 Å². The van der Waals surface area contributed by atoms with Crippen molar-refractivity contribution >= 4 is 23.5 Å². The van der Waals surface area contributed by atoms with Gasteiger partial charge in [-0.05, 0) is 30.5 Å². The molecule has 0 bridgehead atoms. The van der Waals surface area contributed by atoms with Crippen molar-refractivity contribution in [3.05, 3.63) is 29.3 Å². The highest BCUT2D eigenvalue weighted by Crippen LogP contribution is 2.25. The minimum Gasteiger partial charge on any atom is -0.493 e. The first-order chi connectivity index (χ1) is 9.99. The molecule has 6 heteroatoms. The molecule has 114 valence electrons. The number of benzene rings is 1. The number of ether oxygens (including phenoxy) is 1. The molecule has 0 radical (unpaired) electrons. The molecule has 1 fully saturated rings. The zero-order valence-corrected chi connectivity index (χ0v) is 12.5. The number of hydrogen-bond donors (Lipinski definition) is 1. The lowest BCUT2D eigenvalue weighted by Crippen LogP contribution is -2.43. The molecule has 0 saturated carbocycles. The van der Waals surface area contributed by atoms with Gasteiger partial charge in [-0.2, -0.15) is 0 Å². The van der Waals surface area contributed by atoms with Gasteiger partial charge in [-0.1, -0.05) is 24.6 Å². The first-order valence-corrected chi connectivity index (χ1v) is 7.27. The molecule has 0 aliphatic carbocycles. The standard InChI is InChI=1S/C15H18ClNO4/c1-10-5-7-17(14(10)15(19)20)13(18)6-8-21-12-4-2-3-11(16)9-12/h2-4,9-10,14H,5-8H2,1H3,(H,19,20). The highest BCUT2D eigenvalue weighted by atomic mass is 35.5. The maximum Gasteiger partial charge on any atom is 0.326 e. The maximum absolute atomic E-state index is 12.1. The number of rotatable bonds is 5. The highest BCUT2D eigenvalue weighted by molar-refractivity contribution is 6.30. The number of carbonyl (C=O) groups excluding carboxylic acids is 1. The van der Waals surface area contributed by atoms with E-state index >= 15 is 0 Å². The lowest BCUT2D eigenvalue weighted by molar-refractivity contribution is -0.149. The molecule has 1 aromatic carbocycles. The highest BCUT2D eigenvalue weighted by Gasteiger charge is 2.39. The van der Waals surface area contributed by atoms with Crippen LogP contribution in [0.5, 0.6) is 5.75 Å². The molecular weight excluding hydrogens is 294 g/mol. The van der Waals surface area contributed by atoms with Gasteiger partial charge in [0.25, 0.3) is 0 Å². The van der Waals surface area contributed by atoms with Crippen LogP contribution in [0, 0.1) is 5.92 Å². The summed E-state index contributed by atoms with van der Waals surface area (Å²) < 4.78 is 5.46. The van der Waals surface area contributed by atoms with Crippen LogP contribution in [0.25, 0.3) is 0 Å². The predicted octanol–water partition coefficient (Wildman–Crippen LogP) is 2.43. The van der Waals surface area contributed by atoms with E-state index < -0.39 is 12.0 Å². The molecule has 0 aromatic heterocycles. The van der Waals surface area contributed by atoms with Gasteiger partial charge in [0.05, 0.1) is 13.0 Å². The molecule has 1 aliphatic heterocycles. The second kappa shape index (κ2) is 6.80. The number of nitrogens with zero attached hydrogens (tertiary/aromatic N) is 1. The molecule has 5 nitrogen and oxygen atoms in total. The molecule has 21 heavy (non-hydrogen) atoms. The largest absolute Gasteiger partial charge is 0.493 e. The van der Waals surface area contributed by atoms with Gasteiger partial charge in [-0.25, -0.2) is 4.79 Å². The third kappa shape index (κ3) is 3.88. The Kier molecular flexibility index (Phi) is 5.07. The van der Waals surface area contributed by atoms with Crippen LogP contribution in [0.4, 0.5) is 0 Å². The summed E-state index contributed by atoms with van der Waals surface area (Å²) in [6.07, 6.45) is 0.876. The molecule has 1 heterocycles. The van der Waals surface area contributed by atoms with Gasteiger partial charge in [0, 0.05) is 11.6 Å². The Labute approximate surface area is 128 Å². The van der Waals surface area contributed by atoms with Crippen molar-refractivity contribution in [1.82, 2.24) is 4.90 Å². The Morgan fingerprint density at radius 1 is 1.48 bits per heavy atom. The Balaban J connectivity index is 1.86. The van der Waals surface area contributed by atoms with Crippen molar-refractivity contribution in [2.75, 3.05) is 13.2 Å². The zero-order valence-electron chi connectivity index (χ0n) is 11.8. The fourth-order valence-corrected chi connectivity index (χ4v) is 2.74. The summed E-state index contributed by atoms with van der Waals surface area (Å²) in [4.78, 5) is 24.8. The van der Waals surface area contributed by atoms with Crippen LogP contribution in [0.1, 0.15) is 19.8 Å². The van der Waals surface area contributed by atoms with Crippen LogP contribution in [-0.2, 0) is 9.59 Å². The topological polar surface area (TPSA) is 66.8 Å². The van der Waals surface area contributed by atoms with Gasteiger partial charge in [0.2, 0.25) is 5.91 Å². The molecular formula is C15H18ClNO4. The second-order valence-electron chi connectivity index (χ2n) is 5.19. The first kappa shape index (κ1) is 15.6. The predicted molar refractivity (Wildman–Crippen MR) is 78.5 cm³/mol. The summed E-state index contributed by atoms with van der Waals surface area (Å²) >= 11 is 5.84. The summed E-state index contributed by atoms with van der Waals surface area (Å²) in [5.41, 5.74) is 0. The van der Waals surface area contributed by atoms with E-state index in [1.807, 2.05) is 6.92 Å². The van der Waals surface area contributed by atoms with Crippen LogP contribution >= 0.6 is 11.6 Å². The van der Waals surface area contributed by atoms with E-state index in [4.69, 9.17) is 16.3 Å². The average Bonchev–Trinajstić information content (AvgIpc) is 2.81. The summed E-state index contributed by atoms with van der Waals surface area (Å²) in [6, 6.07) is 6.21. The van der Waals surface area contributed by atoms with Crippen molar-refractivity contribution in [1.29, 1.82) is 0 Å². The van der Waals surface area contributed by atoms with Crippen molar-refractivity contribution in [2.45, 2.75) is 25.8 Å². The fraction of sp³-hybridized carbons (Fsp3) is 0.467. The van der Waals surface area contributed by atoms with Gasteiger partial charge >= 0.3 is 5.97 Å². The van der Waals surface area contributed by atoms with E-state index in [1.165, 1.54) is 4.90 Å². The number of aliphatic carboxylic acids is 1. The van der Waals surface area contributed by atoms with Gasteiger partial charge in [-0.3, -0.25) is 4.79 Å². The Hall–Kier alpha value is -1.75. The second-order valence-corrected chi connectivity index (χ2v) is 5.63. The van der Waals surface area contributed by atoms with Crippen molar-refractivity contribution in [2.24, 2.45) is 5.92 Å². The molecule has 2 unspecified atom stereocenters. The number of carboxylic acids is 1. The lowest BCUT2D eigenvalue weighted by Gasteiger charge is -2.23. The average molecular weight is 312 g/mol. The Morgan fingerprint density at radius 3 is 2.90 bits per heavy atom. The normalized spacial score (nSPS) is 21.3. The SMILES string of the molecule is CC1CCN(C(=O)CCOc2cccc(Cl)c2)C1C(=O)O. The fourth-order valence-electron chi connectivity index (χ4n) is 2.56. The van der Waals surface area contributed by atoms with E-state index in [0.717, 1.165) is 6.42 Å². The first-order valence-electron chi connectivity index (χ1n) is 6.89. The van der Waals surface area contributed by atoms with Crippen LogP contribution in [0.15, 0.2) is 24.3 Å². The van der Waals surface area contributed by atoms with E-state index in [0.29, 0.717) is 17.3 Å². The molecule has 1 aliphatic rings. The summed E-state index contributed by atoms with van der Waals surface area (Å²) in [6.45, 7) is 2.55. The molecule has 2 rings (SSSR count). The number of hydrogen-bond acceptors (Lipinski definition) is 3. The Bertz CT molecular complexity index is 534. The van der Waals surface area contributed by atoms with Gasteiger partial charge in [0.1, 0.15) is 11.8 Å². The van der Waals surface area contributed by atoms with Crippen LogP contribution in [0.3, 0.4) is 0 Å². The van der Waals surface area contributed by atoms with Gasteiger partial charge in [0.15, 0.2) is 0 Å². The molecule has 1 saturated heterocycles. The number of carboxylic acid groups (broad SMARTS) is 1. The van der Waals surface area contributed by atoms with E-state index in [1.54, 1.807) is 24.3 Å². The summed E-state index contributed by atoms with van der Waals surface area (Å²) in [5.74, 6) is -0.543. The summed E-state index contributed by atoms with van der Waals surface area (Å²) in [5, 5.41) is 9.76.